The first-order valence-electron chi connectivity index (χ1n) is 12.4. The molecule has 1 aliphatic rings. The molecular formula is C27H37N3O5. The van der Waals surface area contributed by atoms with E-state index in [0.717, 1.165) is 31.2 Å². The lowest BCUT2D eigenvalue weighted by molar-refractivity contribution is -0.139. The number of carbonyl (C=O) groups is 2. The van der Waals surface area contributed by atoms with Crippen LogP contribution in [0.3, 0.4) is 0 Å². The smallest absolute Gasteiger partial charge is 0.409 e. The van der Waals surface area contributed by atoms with Crippen LogP contribution in [0.5, 0.6) is 0 Å². The molecule has 0 spiro atoms. The summed E-state index contributed by atoms with van der Waals surface area (Å²) in [5.74, 6) is -0.133. The third-order valence-corrected chi connectivity index (χ3v) is 6.12. The molecule has 1 fully saturated rings. The highest BCUT2D eigenvalue weighted by molar-refractivity contribution is 5.84. The van der Waals surface area contributed by atoms with Gasteiger partial charge in [0.05, 0.1) is 17.8 Å². The van der Waals surface area contributed by atoms with Gasteiger partial charge >= 0.3 is 6.09 Å². The maximum absolute atomic E-state index is 13.2. The molecule has 0 bridgehead atoms. The van der Waals surface area contributed by atoms with E-state index in [1.165, 1.54) is 6.42 Å². The van der Waals surface area contributed by atoms with Crippen molar-refractivity contribution in [3.05, 3.63) is 66.0 Å². The predicted octanol–water partition coefficient (Wildman–Crippen LogP) is 4.25. The van der Waals surface area contributed by atoms with Crippen LogP contribution in [-0.2, 0) is 20.9 Å². The fourth-order valence-corrected chi connectivity index (χ4v) is 4.37. The molecule has 35 heavy (non-hydrogen) atoms. The zero-order valence-electron chi connectivity index (χ0n) is 20.6. The van der Waals surface area contributed by atoms with E-state index in [1.807, 2.05) is 30.3 Å². The van der Waals surface area contributed by atoms with Gasteiger partial charge in [-0.25, -0.2) is 4.79 Å². The Morgan fingerprint density at radius 2 is 1.74 bits per heavy atom. The van der Waals surface area contributed by atoms with Gasteiger partial charge < -0.3 is 19.9 Å². The first kappa shape index (κ1) is 26.6. The highest BCUT2D eigenvalue weighted by atomic mass is 16.6. The number of hydrogen-bond acceptors (Lipinski definition) is 6. The summed E-state index contributed by atoms with van der Waals surface area (Å²) in [5, 5.41) is 16.5. The minimum atomic E-state index is -1.26. The van der Waals surface area contributed by atoms with Gasteiger partial charge in [-0.3, -0.25) is 15.1 Å². The lowest BCUT2D eigenvalue weighted by Crippen LogP contribution is -2.53. The van der Waals surface area contributed by atoms with E-state index < -0.39 is 30.4 Å². The molecular weight excluding hydrogens is 446 g/mol. The van der Waals surface area contributed by atoms with Gasteiger partial charge in [0.2, 0.25) is 6.23 Å². The van der Waals surface area contributed by atoms with E-state index in [-0.39, 0.29) is 12.7 Å². The maximum Gasteiger partial charge on any atom is 0.409 e. The highest BCUT2D eigenvalue weighted by Gasteiger charge is 2.31. The SMILES string of the molecule is CC(C)OC(NC(=O)OCc1ccccc1)C(=O)N[C@@H](CC1CCCCC1)[C@@H](O)c1ccccn1. The summed E-state index contributed by atoms with van der Waals surface area (Å²) < 4.78 is 11.0. The number of pyridine rings is 1. The molecule has 0 saturated heterocycles. The molecule has 190 valence electrons. The molecule has 1 saturated carbocycles. The van der Waals surface area contributed by atoms with Crippen LogP contribution in [0.1, 0.15) is 69.7 Å². The van der Waals surface area contributed by atoms with Gasteiger partial charge in [-0.2, -0.15) is 0 Å². The minimum absolute atomic E-state index is 0.0748. The molecule has 0 aliphatic heterocycles. The van der Waals surface area contributed by atoms with Gasteiger partial charge in [-0.15, -0.1) is 0 Å². The lowest BCUT2D eigenvalue weighted by Gasteiger charge is -2.31. The van der Waals surface area contributed by atoms with Crippen LogP contribution in [0.4, 0.5) is 4.79 Å². The molecule has 2 amide bonds. The monoisotopic (exact) mass is 483 g/mol. The molecule has 3 rings (SSSR count). The summed E-state index contributed by atoms with van der Waals surface area (Å²) in [7, 11) is 0. The number of nitrogens with one attached hydrogen (secondary N) is 2. The molecule has 1 aliphatic carbocycles. The number of aliphatic hydroxyl groups excluding tert-OH is 1. The van der Waals surface area contributed by atoms with E-state index in [0.29, 0.717) is 18.0 Å². The second-order valence-corrected chi connectivity index (χ2v) is 9.33. The average Bonchev–Trinajstić information content (AvgIpc) is 2.87. The van der Waals surface area contributed by atoms with Crippen LogP contribution in [0, 0.1) is 5.92 Å². The maximum atomic E-state index is 13.2. The van der Waals surface area contributed by atoms with E-state index in [4.69, 9.17) is 9.47 Å². The Kier molecular flexibility index (Phi) is 10.5. The summed E-state index contributed by atoms with van der Waals surface area (Å²) in [6.45, 7) is 3.63. The second kappa shape index (κ2) is 13.8. The number of carbonyl (C=O) groups excluding carboxylic acids is 2. The Hall–Kier alpha value is -2.97. The summed E-state index contributed by atoms with van der Waals surface area (Å²) in [6, 6.07) is 14.0. The van der Waals surface area contributed by atoms with E-state index >= 15 is 0 Å². The Labute approximate surface area is 207 Å². The Morgan fingerprint density at radius 3 is 2.40 bits per heavy atom. The number of hydrogen-bond donors (Lipinski definition) is 3. The molecule has 1 unspecified atom stereocenters. The fraction of sp³-hybridized carbons (Fsp3) is 0.519. The molecule has 8 heteroatoms. The molecule has 1 heterocycles. The number of nitrogens with zero attached hydrogens (tertiary/aromatic N) is 1. The van der Waals surface area contributed by atoms with Crippen molar-refractivity contribution in [2.24, 2.45) is 5.92 Å². The van der Waals surface area contributed by atoms with Crippen molar-refractivity contribution in [2.45, 2.75) is 83.5 Å². The van der Waals surface area contributed by atoms with Gasteiger partial charge in [-0.1, -0.05) is 68.5 Å². The molecule has 2 aromatic rings. The van der Waals surface area contributed by atoms with Crippen molar-refractivity contribution >= 4 is 12.0 Å². The third-order valence-electron chi connectivity index (χ3n) is 6.12. The van der Waals surface area contributed by atoms with E-state index in [2.05, 4.69) is 15.6 Å². The number of rotatable bonds is 11. The fourth-order valence-electron chi connectivity index (χ4n) is 4.37. The van der Waals surface area contributed by atoms with E-state index in [9.17, 15) is 14.7 Å². The van der Waals surface area contributed by atoms with Gasteiger partial charge in [0.25, 0.3) is 5.91 Å². The standard InChI is InChI=1S/C27H37N3O5/c1-19(2)35-26(30-27(33)34-18-21-13-7-4-8-14-21)25(32)29-23(17-20-11-5-3-6-12-20)24(31)22-15-9-10-16-28-22/h4,7-10,13-16,19-20,23-24,26,31H,3,5-6,11-12,17-18H2,1-2H3,(H,29,32)(H,30,33)/t23-,24-,26?/m0/s1. The zero-order valence-corrected chi connectivity index (χ0v) is 20.6. The molecule has 1 aromatic carbocycles. The Morgan fingerprint density at radius 1 is 1.03 bits per heavy atom. The largest absolute Gasteiger partial charge is 0.445 e. The first-order chi connectivity index (χ1) is 16.9. The van der Waals surface area contributed by atoms with Crippen LogP contribution in [0.2, 0.25) is 0 Å². The topological polar surface area (TPSA) is 110 Å². The number of ether oxygens (including phenoxy) is 2. The second-order valence-electron chi connectivity index (χ2n) is 9.33. The van der Waals surface area contributed by atoms with Gasteiger partial charge in [0.1, 0.15) is 12.7 Å². The van der Waals surface area contributed by atoms with Crippen molar-refractivity contribution in [1.29, 1.82) is 0 Å². The summed E-state index contributed by atoms with van der Waals surface area (Å²) >= 11 is 0. The van der Waals surface area contributed by atoms with Crippen LogP contribution < -0.4 is 10.6 Å². The lowest BCUT2D eigenvalue weighted by atomic mass is 9.83. The van der Waals surface area contributed by atoms with Crippen molar-refractivity contribution in [2.75, 3.05) is 0 Å². The number of alkyl carbamates (subject to hydrolysis) is 1. The van der Waals surface area contributed by atoms with Gasteiger partial charge in [0, 0.05) is 6.20 Å². The van der Waals surface area contributed by atoms with Crippen molar-refractivity contribution in [3.8, 4) is 0 Å². The molecule has 1 aromatic heterocycles. The molecule has 0 radical (unpaired) electrons. The van der Waals surface area contributed by atoms with Crippen molar-refractivity contribution in [3.63, 3.8) is 0 Å². The minimum Gasteiger partial charge on any atom is -0.445 e. The highest BCUT2D eigenvalue weighted by Crippen LogP contribution is 2.30. The van der Waals surface area contributed by atoms with Crippen LogP contribution in [0.15, 0.2) is 54.7 Å². The first-order valence-corrected chi connectivity index (χ1v) is 12.4. The average molecular weight is 484 g/mol. The van der Waals surface area contributed by atoms with Crippen LogP contribution >= 0.6 is 0 Å². The molecule has 8 nitrogen and oxygen atoms in total. The van der Waals surface area contributed by atoms with Crippen LogP contribution in [-0.4, -0.2) is 40.5 Å². The predicted molar refractivity (Wildman–Crippen MR) is 132 cm³/mol. The third kappa shape index (κ3) is 8.96. The van der Waals surface area contributed by atoms with Crippen molar-refractivity contribution in [1.82, 2.24) is 15.6 Å². The van der Waals surface area contributed by atoms with Gasteiger partial charge in [0.15, 0.2) is 0 Å². The number of aliphatic hydroxyl groups is 1. The van der Waals surface area contributed by atoms with Gasteiger partial charge in [-0.05, 0) is 43.9 Å². The Bertz CT molecular complexity index is 904. The van der Waals surface area contributed by atoms with Crippen molar-refractivity contribution < 1.29 is 24.2 Å². The molecule has 3 atom stereocenters. The Balaban J connectivity index is 1.67. The zero-order chi connectivity index (χ0) is 25.0. The van der Waals surface area contributed by atoms with Crippen LogP contribution in [0.25, 0.3) is 0 Å². The number of benzene rings is 1. The number of aromatic nitrogens is 1. The number of amides is 2. The summed E-state index contributed by atoms with van der Waals surface area (Å²) in [6.07, 6.45) is 4.57. The summed E-state index contributed by atoms with van der Waals surface area (Å²) in [4.78, 5) is 29.9. The molecule has 3 N–H and O–H groups in total. The normalized spacial score (nSPS) is 16.8. The quantitative estimate of drug-likeness (QED) is 0.412. The summed E-state index contributed by atoms with van der Waals surface area (Å²) in [5.41, 5.74) is 1.32. The van der Waals surface area contributed by atoms with E-state index in [1.54, 1.807) is 38.2 Å².